The van der Waals surface area contributed by atoms with Crippen molar-refractivity contribution in [2.45, 2.75) is 37.9 Å². The van der Waals surface area contributed by atoms with Gasteiger partial charge in [0.05, 0.1) is 5.56 Å². The lowest BCUT2D eigenvalue weighted by Crippen LogP contribution is -2.37. The quantitative estimate of drug-likeness (QED) is 0.800. The number of nitrogens with zero attached hydrogens (tertiary/aromatic N) is 1. The van der Waals surface area contributed by atoms with E-state index < -0.39 is 0 Å². The molecule has 1 saturated heterocycles. The van der Waals surface area contributed by atoms with Crippen LogP contribution in [0.5, 0.6) is 0 Å². The molecule has 0 aliphatic carbocycles. The number of carbonyl (C=O) groups excluding carboxylic acids is 1. The Labute approximate surface area is 139 Å². The summed E-state index contributed by atoms with van der Waals surface area (Å²) >= 11 is 5.33. The number of nitrogens with one attached hydrogen (secondary N) is 2. The zero-order chi connectivity index (χ0) is 15.3. The zero-order valence-corrected chi connectivity index (χ0v) is 14.9. The molecule has 2 N–H and O–H groups in total. The highest BCUT2D eigenvalue weighted by Gasteiger charge is 2.30. The fourth-order valence-electron chi connectivity index (χ4n) is 2.34. The molecule has 1 atom stereocenters. The van der Waals surface area contributed by atoms with Crippen molar-refractivity contribution in [1.82, 2.24) is 10.3 Å². The Morgan fingerprint density at radius 1 is 1.57 bits per heavy atom. The van der Waals surface area contributed by atoms with Crippen molar-refractivity contribution in [3.8, 4) is 0 Å². The minimum absolute atomic E-state index is 0.0591. The SMILES string of the molecule is CCCNc1ncc(Br)cc1C(=O)NCC1(C)CCCS1. The van der Waals surface area contributed by atoms with Crippen LogP contribution in [0.15, 0.2) is 16.7 Å². The maximum Gasteiger partial charge on any atom is 0.255 e. The lowest BCUT2D eigenvalue weighted by molar-refractivity contribution is 0.0950. The number of hydrogen-bond donors (Lipinski definition) is 2. The molecule has 1 aromatic heterocycles. The van der Waals surface area contributed by atoms with Gasteiger partial charge in [0.1, 0.15) is 5.82 Å². The predicted molar refractivity (Wildman–Crippen MR) is 93.1 cm³/mol. The number of carbonyl (C=O) groups is 1. The van der Waals surface area contributed by atoms with Gasteiger partial charge in [0.15, 0.2) is 0 Å². The average molecular weight is 372 g/mol. The Bertz CT molecular complexity index is 504. The molecule has 116 valence electrons. The summed E-state index contributed by atoms with van der Waals surface area (Å²) in [6.45, 7) is 5.82. The maximum absolute atomic E-state index is 12.5. The van der Waals surface area contributed by atoms with Gasteiger partial charge >= 0.3 is 0 Å². The third-order valence-corrected chi connectivity index (χ3v) is 5.54. The number of pyridine rings is 1. The van der Waals surface area contributed by atoms with Gasteiger partial charge in [-0.15, -0.1) is 0 Å². The molecule has 4 nitrogen and oxygen atoms in total. The summed E-state index contributed by atoms with van der Waals surface area (Å²) in [6, 6.07) is 1.82. The van der Waals surface area contributed by atoms with E-state index in [1.54, 1.807) is 6.20 Å². The molecule has 1 aliphatic rings. The van der Waals surface area contributed by atoms with Gasteiger partial charge in [0.2, 0.25) is 0 Å². The summed E-state index contributed by atoms with van der Waals surface area (Å²) in [4.78, 5) is 16.8. The molecule has 0 bridgehead atoms. The Balaban J connectivity index is 2.04. The average Bonchev–Trinajstić information content (AvgIpc) is 2.91. The molecule has 6 heteroatoms. The second-order valence-corrected chi connectivity index (χ2v) is 8.16. The molecule has 21 heavy (non-hydrogen) atoms. The van der Waals surface area contributed by atoms with Gasteiger partial charge < -0.3 is 10.6 Å². The van der Waals surface area contributed by atoms with Crippen LogP contribution >= 0.6 is 27.7 Å². The van der Waals surface area contributed by atoms with Crippen LogP contribution in [0.25, 0.3) is 0 Å². The van der Waals surface area contributed by atoms with Crippen molar-refractivity contribution in [3.63, 3.8) is 0 Å². The van der Waals surface area contributed by atoms with E-state index in [9.17, 15) is 4.79 Å². The van der Waals surface area contributed by atoms with Crippen LogP contribution in [-0.2, 0) is 0 Å². The monoisotopic (exact) mass is 371 g/mol. The van der Waals surface area contributed by atoms with Crippen LogP contribution in [0.4, 0.5) is 5.82 Å². The van der Waals surface area contributed by atoms with Crippen molar-refractivity contribution < 1.29 is 4.79 Å². The number of halogens is 1. The first-order valence-electron chi connectivity index (χ1n) is 7.36. The predicted octanol–water partition coefficient (Wildman–Crippen LogP) is 3.68. The third-order valence-electron chi connectivity index (χ3n) is 3.56. The smallest absolute Gasteiger partial charge is 0.255 e. The Kier molecular flexibility index (Phi) is 5.93. The van der Waals surface area contributed by atoms with E-state index in [2.05, 4.69) is 45.4 Å². The van der Waals surface area contributed by atoms with E-state index in [1.165, 1.54) is 12.2 Å². The van der Waals surface area contributed by atoms with Gasteiger partial charge in [-0.1, -0.05) is 6.92 Å². The molecule has 1 unspecified atom stereocenters. The first-order chi connectivity index (χ1) is 10.0. The van der Waals surface area contributed by atoms with E-state index in [4.69, 9.17) is 0 Å². The van der Waals surface area contributed by atoms with Crippen LogP contribution in [0.1, 0.15) is 43.5 Å². The highest BCUT2D eigenvalue weighted by Crippen LogP contribution is 2.37. The largest absolute Gasteiger partial charge is 0.369 e. The number of rotatable bonds is 6. The van der Waals surface area contributed by atoms with Crippen LogP contribution in [0.3, 0.4) is 0 Å². The van der Waals surface area contributed by atoms with Gasteiger partial charge in [-0.25, -0.2) is 4.98 Å². The maximum atomic E-state index is 12.5. The molecule has 1 aromatic rings. The van der Waals surface area contributed by atoms with E-state index in [1.807, 2.05) is 17.8 Å². The van der Waals surface area contributed by atoms with E-state index >= 15 is 0 Å². The summed E-state index contributed by atoms with van der Waals surface area (Å²) in [6.07, 6.45) is 5.10. The normalized spacial score (nSPS) is 21.3. The molecular formula is C15H22BrN3OS. The molecule has 1 aliphatic heterocycles. The highest BCUT2D eigenvalue weighted by atomic mass is 79.9. The standard InChI is InChI=1S/C15H22BrN3OS/c1-3-6-17-13-12(8-11(16)9-18-13)14(20)19-10-15(2)5-4-7-21-15/h8-9H,3-7,10H2,1-2H3,(H,17,18)(H,19,20). The summed E-state index contributed by atoms with van der Waals surface area (Å²) in [5.41, 5.74) is 0.601. The molecule has 2 heterocycles. The Hall–Kier alpha value is -0.750. The van der Waals surface area contributed by atoms with Gasteiger partial charge in [-0.2, -0.15) is 11.8 Å². The van der Waals surface area contributed by atoms with Crippen LogP contribution in [0.2, 0.25) is 0 Å². The summed E-state index contributed by atoms with van der Waals surface area (Å²) in [7, 11) is 0. The van der Waals surface area contributed by atoms with Crippen LogP contribution in [0, 0.1) is 0 Å². The number of amides is 1. The van der Waals surface area contributed by atoms with Crippen LogP contribution in [-0.4, -0.2) is 34.5 Å². The van der Waals surface area contributed by atoms with Gasteiger partial charge in [0, 0.05) is 28.5 Å². The molecule has 0 spiro atoms. The lowest BCUT2D eigenvalue weighted by Gasteiger charge is -2.23. The summed E-state index contributed by atoms with van der Waals surface area (Å²) in [5, 5.41) is 6.28. The van der Waals surface area contributed by atoms with Crippen molar-refractivity contribution in [3.05, 3.63) is 22.3 Å². The first-order valence-corrected chi connectivity index (χ1v) is 9.13. The van der Waals surface area contributed by atoms with Gasteiger partial charge in [-0.3, -0.25) is 4.79 Å². The van der Waals surface area contributed by atoms with Crippen LogP contribution < -0.4 is 10.6 Å². The number of thioether (sulfide) groups is 1. The molecule has 2 rings (SSSR count). The topological polar surface area (TPSA) is 54.0 Å². The van der Waals surface area contributed by atoms with Gasteiger partial charge in [0.25, 0.3) is 5.91 Å². The molecule has 0 saturated carbocycles. The summed E-state index contributed by atoms with van der Waals surface area (Å²) < 4.78 is 0.989. The third kappa shape index (κ3) is 4.61. The van der Waals surface area contributed by atoms with Crippen molar-refractivity contribution >= 4 is 39.4 Å². The van der Waals surface area contributed by atoms with E-state index in [-0.39, 0.29) is 10.7 Å². The van der Waals surface area contributed by atoms with E-state index in [0.29, 0.717) is 17.9 Å². The summed E-state index contributed by atoms with van der Waals surface area (Å²) in [5.74, 6) is 1.78. The number of aromatic nitrogens is 1. The number of hydrogen-bond acceptors (Lipinski definition) is 4. The fourth-order valence-corrected chi connectivity index (χ4v) is 3.91. The Morgan fingerprint density at radius 2 is 2.38 bits per heavy atom. The Morgan fingerprint density at radius 3 is 3.05 bits per heavy atom. The first kappa shape index (κ1) is 16.6. The molecule has 1 amide bonds. The zero-order valence-electron chi connectivity index (χ0n) is 12.5. The second-order valence-electron chi connectivity index (χ2n) is 5.56. The molecule has 1 fully saturated rings. The highest BCUT2D eigenvalue weighted by molar-refractivity contribution is 9.10. The number of anilines is 1. The van der Waals surface area contributed by atoms with Crippen molar-refractivity contribution in [2.75, 3.05) is 24.2 Å². The molecule has 0 radical (unpaired) electrons. The minimum Gasteiger partial charge on any atom is -0.369 e. The van der Waals surface area contributed by atoms with E-state index in [0.717, 1.165) is 23.9 Å². The van der Waals surface area contributed by atoms with Crippen molar-refractivity contribution in [1.29, 1.82) is 0 Å². The fraction of sp³-hybridized carbons (Fsp3) is 0.600. The minimum atomic E-state index is -0.0591. The second kappa shape index (κ2) is 7.49. The lowest BCUT2D eigenvalue weighted by atomic mass is 10.1. The van der Waals surface area contributed by atoms with Gasteiger partial charge in [-0.05, 0) is 53.9 Å². The molecular weight excluding hydrogens is 350 g/mol. The molecule has 0 aromatic carbocycles. The van der Waals surface area contributed by atoms with Crippen molar-refractivity contribution in [2.24, 2.45) is 0 Å².